The first-order chi connectivity index (χ1) is 11.2. The summed E-state index contributed by atoms with van der Waals surface area (Å²) >= 11 is 0. The van der Waals surface area contributed by atoms with Crippen LogP contribution in [-0.2, 0) is 22.2 Å². The Bertz CT molecular complexity index is 597. The molecule has 1 aliphatic heterocycles. The summed E-state index contributed by atoms with van der Waals surface area (Å²) in [6.07, 6.45) is -3.69. The van der Waals surface area contributed by atoms with Crippen molar-refractivity contribution in [3.8, 4) is 0 Å². The second-order valence-electron chi connectivity index (χ2n) is 6.28. The Hall–Kier alpha value is -2.05. The summed E-state index contributed by atoms with van der Waals surface area (Å²) in [4.78, 5) is 25.6. The van der Waals surface area contributed by atoms with Crippen molar-refractivity contribution < 1.29 is 22.8 Å². The number of hydrogen-bond acceptors (Lipinski definition) is 2. The van der Waals surface area contributed by atoms with Crippen molar-refractivity contribution in [2.24, 2.45) is 5.92 Å². The number of halogens is 3. The quantitative estimate of drug-likeness (QED) is 0.894. The molecule has 1 atom stereocenters. The number of rotatable bonds is 5. The van der Waals surface area contributed by atoms with Crippen molar-refractivity contribution in [1.29, 1.82) is 0 Å². The Balaban J connectivity index is 1.80. The van der Waals surface area contributed by atoms with Gasteiger partial charge >= 0.3 is 6.18 Å². The number of benzene rings is 1. The molecule has 1 heterocycles. The maximum atomic E-state index is 12.5. The molecule has 0 saturated carbocycles. The third-order valence-electron chi connectivity index (χ3n) is 4.15. The molecule has 24 heavy (non-hydrogen) atoms. The summed E-state index contributed by atoms with van der Waals surface area (Å²) < 4.78 is 37.4. The second kappa shape index (κ2) is 7.23. The normalized spacial score (nSPS) is 18.3. The van der Waals surface area contributed by atoms with Gasteiger partial charge in [-0.3, -0.25) is 9.59 Å². The highest BCUT2D eigenvalue weighted by Crippen LogP contribution is 2.29. The van der Waals surface area contributed by atoms with Crippen LogP contribution in [0.3, 0.4) is 0 Å². The molecule has 1 aliphatic rings. The number of carbonyl (C=O) groups is 2. The molecule has 0 radical (unpaired) electrons. The number of carbonyl (C=O) groups excluding carboxylic acids is 2. The van der Waals surface area contributed by atoms with Crippen LogP contribution in [0.2, 0.25) is 0 Å². The van der Waals surface area contributed by atoms with Crippen LogP contribution >= 0.6 is 0 Å². The van der Waals surface area contributed by atoms with E-state index in [0.717, 1.165) is 17.7 Å². The summed E-state index contributed by atoms with van der Waals surface area (Å²) in [7, 11) is 0. The molecule has 1 aromatic carbocycles. The first kappa shape index (κ1) is 18.3. The molecule has 0 spiro atoms. The van der Waals surface area contributed by atoms with Crippen molar-refractivity contribution in [1.82, 2.24) is 10.2 Å². The first-order valence-corrected chi connectivity index (χ1v) is 7.92. The van der Waals surface area contributed by atoms with Gasteiger partial charge in [0.25, 0.3) is 0 Å². The van der Waals surface area contributed by atoms with E-state index in [4.69, 9.17) is 0 Å². The van der Waals surface area contributed by atoms with Gasteiger partial charge < -0.3 is 10.2 Å². The molecule has 1 N–H and O–H groups in total. The SMILES string of the molecule is CC(C)N1CC(C(=O)NCCc2ccc(C(F)(F)F)cc2)CC1=O. The van der Waals surface area contributed by atoms with Gasteiger partial charge in [0.15, 0.2) is 0 Å². The monoisotopic (exact) mass is 342 g/mol. The largest absolute Gasteiger partial charge is 0.416 e. The molecular weight excluding hydrogens is 321 g/mol. The molecule has 7 heteroatoms. The smallest absolute Gasteiger partial charge is 0.355 e. The molecule has 0 aliphatic carbocycles. The third-order valence-corrected chi connectivity index (χ3v) is 4.15. The van der Waals surface area contributed by atoms with Crippen molar-refractivity contribution in [3.63, 3.8) is 0 Å². The minimum atomic E-state index is -4.34. The van der Waals surface area contributed by atoms with E-state index < -0.39 is 11.7 Å². The van der Waals surface area contributed by atoms with E-state index in [2.05, 4.69) is 5.32 Å². The van der Waals surface area contributed by atoms with E-state index in [-0.39, 0.29) is 30.2 Å². The average Bonchev–Trinajstić information content (AvgIpc) is 2.89. The minimum Gasteiger partial charge on any atom is -0.355 e. The number of nitrogens with zero attached hydrogens (tertiary/aromatic N) is 1. The zero-order valence-corrected chi connectivity index (χ0v) is 13.7. The van der Waals surface area contributed by atoms with E-state index in [1.807, 2.05) is 13.8 Å². The van der Waals surface area contributed by atoms with Gasteiger partial charge in [-0.05, 0) is 38.0 Å². The Labute approximate surface area is 139 Å². The molecular formula is C17H21F3N2O2. The zero-order chi connectivity index (χ0) is 17.9. The van der Waals surface area contributed by atoms with Gasteiger partial charge in [-0.2, -0.15) is 13.2 Å². The van der Waals surface area contributed by atoms with E-state index in [0.29, 0.717) is 19.5 Å². The summed E-state index contributed by atoms with van der Waals surface area (Å²) in [6.45, 7) is 4.56. The highest BCUT2D eigenvalue weighted by molar-refractivity contribution is 5.89. The van der Waals surface area contributed by atoms with Crippen LogP contribution in [0.1, 0.15) is 31.4 Å². The van der Waals surface area contributed by atoms with Crippen LogP contribution in [0.5, 0.6) is 0 Å². The van der Waals surface area contributed by atoms with E-state index in [1.165, 1.54) is 12.1 Å². The lowest BCUT2D eigenvalue weighted by Gasteiger charge is -2.20. The third kappa shape index (κ3) is 4.49. The molecule has 0 bridgehead atoms. The Morgan fingerprint density at radius 2 is 1.92 bits per heavy atom. The molecule has 2 amide bonds. The molecule has 4 nitrogen and oxygen atoms in total. The Morgan fingerprint density at radius 1 is 1.29 bits per heavy atom. The molecule has 1 saturated heterocycles. The zero-order valence-electron chi connectivity index (χ0n) is 13.7. The van der Waals surface area contributed by atoms with Crippen molar-refractivity contribution in [2.45, 2.75) is 38.9 Å². The van der Waals surface area contributed by atoms with Gasteiger partial charge in [-0.25, -0.2) is 0 Å². The summed E-state index contributed by atoms with van der Waals surface area (Å²) in [6, 6.07) is 4.96. The molecule has 1 fully saturated rings. The fourth-order valence-corrected chi connectivity index (χ4v) is 2.74. The Kier molecular flexibility index (Phi) is 5.51. The standard InChI is InChI=1S/C17H21F3N2O2/c1-11(2)22-10-13(9-15(22)23)16(24)21-8-7-12-3-5-14(6-4-12)17(18,19)20/h3-6,11,13H,7-10H2,1-2H3,(H,21,24). The fraction of sp³-hybridized carbons (Fsp3) is 0.529. The summed E-state index contributed by atoms with van der Waals surface area (Å²) in [5.74, 6) is -0.557. The molecule has 1 unspecified atom stereocenters. The second-order valence-corrected chi connectivity index (χ2v) is 6.28. The maximum Gasteiger partial charge on any atom is 0.416 e. The van der Waals surface area contributed by atoms with Crippen molar-refractivity contribution in [3.05, 3.63) is 35.4 Å². The van der Waals surface area contributed by atoms with Gasteiger partial charge in [0, 0.05) is 25.6 Å². The van der Waals surface area contributed by atoms with Crippen LogP contribution in [0.4, 0.5) is 13.2 Å². The van der Waals surface area contributed by atoms with E-state index >= 15 is 0 Å². The highest BCUT2D eigenvalue weighted by atomic mass is 19.4. The van der Waals surface area contributed by atoms with Gasteiger partial charge in [0.2, 0.25) is 11.8 Å². The lowest BCUT2D eigenvalue weighted by Crippen LogP contribution is -2.36. The van der Waals surface area contributed by atoms with Crippen LogP contribution in [-0.4, -0.2) is 35.8 Å². The summed E-state index contributed by atoms with van der Waals surface area (Å²) in [5.41, 5.74) is 0.0307. The number of likely N-dealkylation sites (tertiary alicyclic amines) is 1. The van der Waals surface area contributed by atoms with Gasteiger partial charge in [0.1, 0.15) is 0 Å². The van der Waals surface area contributed by atoms with Gasteiger partial charge in [-0.1, -0.05) is 12.1 Å². The highest BCUT2D eigenvalue weighted by Gasteiger charge is 2.35. The van der Waals surface area contributed by atoms with Gasteiger partial charge in [0.05, 0.1) is 11.5 Å². The minimum absolute atomic E-state index is 0.0205. The van der Waals surface area contributed by atoms with Crippen molar-refractivity contribution in [2.75, 3.05) is 13.1 Å². The fourth-order valence-electron chi connectivity index (χ4n) is 2.74. The first-order valence-electron chi connectivity index (χ1n) is 7.92. The molecule has 1 aromatic rings. The molecule has 2 rings (SSSR count). The number of amides is 2. The van der Waals surface area contributed by atoms with E-state index in [9.17, 15) is 22.8 Å². The van der Waals surface area contributed by atoms with Crippen molar-refractivity contribution >= 4 is 11.8 Å². The predicted octanol–water partition coefficient (Wildman–Crippen LogP) is 2.62. The summed E-state index contributed by atoms with van der Waals surface area (Å²) in [5, 5.41) is 2.76. The van der Waals surface area contributed by atoms with Crippen LogP contribution in [0.25, 0.3) is 0 Å². The van der Waals surface area contributed by atoms with Gasteiger partial charge in [-0.15, -0.1) is 0 Å². The van der Waals surface area contributed by atoms with Crippen LogP contribution < -0.4 is 5.32 Å². The topological polar surface area (TPSA) is 49.4 Å². The van der Waals surface area contributed by atoms with E-state index in [1.54, 1.807) is 4.90 Å². The number of hydrogen-bond donors (Lipinski definition) is 1. The predicted molar refractivity (Wildman–Crippen MR) is 83.1 cm³/mol. The van der Waals surface area contributed by atoms with Crippen LogP contribution in [0.15, 0.2) is 24.3 Å². The number of alkyl halides is 3. The Morgan fingerprint density at radius 3 is 2.42 bits per heavy atom. The lowest BCUT2D eigenvalue weighted by atomic mass is 10.1. The van der Waals surface area contributed by atoms with Crippen LogP contribution in [0, 0.1) is 5.92 Å². The lowest BCUT2D eigenvalue weighted by molar-refractivity contribution is -0.137. The maximum absolute atomic E-state index is 12.5. The number of nitrogens with one attached hydrogen (secondary N) is 1. The molecule has 0 aromatic heterocycles. The molecule has 132 valence electrons. The average molecular weight is 342 g/mol.